The average molecular weight is 286 g/mol. The Bertz CT molecular complexity index is 398. The van der Waals surface area contributed by atoms with Gasteiger partial charge in [0.2, 0.25) is 5.91 Å². The SMILES string of the molecule is COCCC(CCl)NC(=O)Cc1ccccc1OC. The average Bonchev–Trinajstić information content (AvgIpc) is 2.44. The molecule has 0 bridgehead atoms. The van der Waals surface area contributed by atoms with Gasteiger partial charge in [0, 0.05) is 31.2 Å². The molecule has 0 heterocycles. The lowest BCUT2D eigenvalue weighted by atomic mass is 10.1. The predicted molar refractivity (Wildman–Crippen MR) is 75.8 cm³/mol. The van der Waals surface area contributed by atoms with E-state index in [4.69, 9.17) is 21.1 Å². The van der Waals surface area contributed by atoms with Crippen LogP contribution in [0, 0.1) is 0 Å². The van der Waals surface area contributed by atoms with Crippen LogP contribution in [0.1, 0.15) is 12.0 Å². The number of para-hydroxylation sites is 1. The van der Waals surface area contributed by atoms with Crippen molar-refractivity contribution in [3.05, 3.63) is 29.8 Å². The third kappa shape index (κ3) is 5.49. The molecule has 0 spiro atoms. The number of hydrogen-bond donors (Lipinski definition) is 1. The first-order valence-corrected chi connectivity index (χ1v) is 6.70. The van der Waals surface area contributed by atoms with E-state index in [0.717, 1.165) is 11.3 Å². The molecular formula is C14H20ClNO3. The summed E-state index contributed by atoms with van der Waals surface area (Å²) in [4.78, 5) is 11.9. The molecule has 0 saturated carbocycles. The van der Waals surface area contributed by atoms with Gasteiger partial charge in [0.25, 0.3) is 0 Å². The smallest absolute Gasteiger partial charge is 0.224 e. The molecule has 0 aliphatic carbocycles. The number of carbonyl (C=O) groups is 1. The molecule has 0 fully saturated rings. The van der Waals surface area contributed by atoms with Crippen molar-refractivity contribution < 1.29 is 14.3 Å². The van der Waals surface area contributed by atoms with Gasteiger partial charge in [-0.1, -0.05) is 18.2 Å². The molecule has 1 atom stereocenters. The number of rotatable bonds is 8. The van der Waals surface area contributed by atoms with Crippen LogP contribution >= 0.6 is 11.6 Å². The van der Waals surface area contributed by atoms with E-state index in [1.54, 1.807) is 14.2 Å². The van der Waals surface area contributed by atoms with E-state index in [-0.39, 0.29) is 18.4 Å². The number of carbonyl (C=O) groups excluding carboxylic acids is 1. The maximum atomic E-state index is 11.9. The summed E-state index contributed by atoms with van der Waals surface area (Å²) in [5.41, 5.74) is 0.863. The second-order valence-electron chi connectivity index (χ2n) is 4.19. The van der Waals surface area contributed by atoms with Crippen LogP contribution in [0.25, 0.3) is 0 Å². The van der Waals surface area contributed by atoms with Crippen LogP contribution in [0.3, 0.4) is 0 Å². The Balaban J connectivity index is 2.54. The minimum absolute atomic E-state index is 0.0637. The zero-order valence-electron chi connectivity index (χ0n) is 11.3. The van der Waals surface area contributed by atoms with E-state index in [1.807, 2.05) is 24.3 Å². The Labute approximate surface area is 119 Å². The summed E-state index contributed by atoms with van der Waals surface area (Å²) in [6, 6.07) is 7.41. The number of amides is 1. The molecule has 1 unspecified atom stereocenters. The fraction of sp³-hybridized carbons (Fsp3) is 0.500. The number of halogens is 1. The van der Waals surface area contributed by atoms with Crippen LogP contribution in [-0.4, -0.2) is 38.7 Å². The topological polar surface area (TPSA) is 47.6 Å². The first-order chi connectivity index (χ1) is 9.21. The number of ether oxygens (including phenoxy) is 2. The van der Waals surface area contributed by atoms with E-state index in [9.17, 15) is 4.79 Å². The maximum absolute atomic E-state index is 11.9. The molecule has 4 nitrogen and oxygen atoms in total. The fourth-order valence-corrected chi connectivity index (χ4v) is 1.98. The summed E-state index contributed by atoms with van der Waals surface area (Å²) >= 11 is 5.81. The van der Waals surface area contributed by atoms with Gasteiger partial charge >= 0.3 is 0 Å². The summed E-state index contributed by atoms with van der Waals surface area (Å²) < 4.78 is 10.2. The highest BCUT2D eigenvalue weighted by atomic mass is 35.5. The zero-order chi connectivity index (χ0) is 14.1. The van der Waals surface area contributed by atoms with Gasteiger partial charge in [-0.05, 0) is 12.5 Å². The minimum Gasteiger partial charge on any atom is -0.496 e. The summed E-state index contributed by atoms with van der Waals surface area (Å²) in [6.45, 7) is 0.576. The minimum atomic E-state index is -0.0659. The van der Waals surface area contributed by atoms with Crippen molar-refractivity contribution in [3.8, 4) is 5.75 Å². The number of hydrogen-bond acceptors (Lipinski definition) is 3. The van der Waals surface area contributed by atoms with Crippen LogP contribution < -0.4 is 10.1 Å². The Hall–Kier alpha value is -1.26. The molecule has 1 aromatic rings. The Kier molecular flexibility index (Phi) is 7.30. The molecule has 106 valence electrons. The lowest BCUT2D eigenvalue weighted by molar-refractivity contribution is -0.121. The Morgan fingerprint density at radius 2 is 2.11 bits per heavy atom. The largest absolute Gasteiger partial charge is 0.496 e. The van der Waals surface area contributed by atoms with Gasteiger partial charge in [-0.15, -0.1) is 11.6 Å². The van der Waals surface area contributed by atoms with Crippen molar-refractivity contribution in [2.24, 2.45) is 0 Å². The predicted octanol–water partition coefficient (Wildman–Crippen LogP) is 2.00. The zero-order valence-corrected chi connectivity index (χ0v) is 12.1. The van der Waals surface area contributed by atoms with E-state index in [0.29, 0.717) is 18.9 Å². The fourth-order valence-electron chi connectivity index (χ4n) is 1.75. The maximum Gasteiger partial charge on any atom is 0.224 e. The molecule has 0 saturated heterocycles. The first-order valence-electron chi connectivity index (χ1n) is 6.17. The highest BCUT2D eigenvalue weighted by molar-refractivity contribution is 6.18. The summed E-state index contributed by atoms with van der Waals surface area (Å²) in [5, 5.41) is 2.89. The second kappa shape index (κ2) is 8.77. The van der Waals surface area contributed by atoms with Gasteiger partial charge in [-0.2, -0.15) is 0 Å². The molecule has 0 radical (unpaired) electrons. The number of methoxy groups -OCH3 is 2. The van der Waals surface area contributed by atoms with E-state index in [2.05, 4.69) is 5.32 Å². The van der Waals surface area contributed by atoms with Crippen molar-refractivity contribution in [2.45, 2.75) is 18.9 Å². The summed E-state index contributed by atoms with van der Waals surface area (Å²) in [6.07, 6.45) is 0.988. The van der Waals surface area contributed by atoms with E-state index < -0.39 is 0 Å². The highest BCUT2D eigenvalue weighted by Crippen LogP contribution is 2.17. The van der Waals surface area contributed by atoms with E-state index in [1.165, 1.54) is 0 Å². The third-order valence-corrected chi connectivity index (χ3v) is 3.14. The van der Waals surface area contributed by atoms with Crippen LogP contribution in [0.2, 0.25) is 0 Å². The molecule has 19 heavy (non-hydrogen) atoms. The first kappa shape index (κ1) is 15.8. The summed E-state index contributed by atoms with van der Waals surface area (Å²) in [5.74, 6) is 1.03. The lowest BCUT2D eigenvalue weighted by Gasteiger charge is -2.16. The molecule has 0 aliphatic rings. The monoisotopic (exact) mass is 285 g/mol. The van der Waals surface area contributed by atoms with Crippen LogP contribution in [0.4, 0.5) is 0 Å². The van der Waals surface area contributed by atoms with Crippen molar-refractivity contribution in [2.75, 3.05) is 26.7 Å². The summed E-state index contributed by atoms with van der Waals surface area (Å²) in [7, 11) is 3.22. The normalized spacial score (nSPS) is 11.9. The molecule has 1 N–H and O–H groups in total. The number of nitrogens with one attached hydrogen (secondary N) is 1. The van der Waals surface area contributed by atoms with E-state index >= 15 is 0 Å². The van der Waals surface area contributed by atoms with Gasteiger partial charge in [0.1, 0.15) is 5.75 Å². The number of benzene rings is 1. The molecule has 5 heteroatoms. The standard InChI is InChI=1S/C14H20ClNO3/c1-18-8-7-12(10-15)16-14(17)9-11-5-3-4-6-13(11)19-2/h3-6,12H,7-10H2,1-2H3,(H,16,17). The number of alkyl halides is 1. The third-order valence-electron chi connectivity index (χ3n) is 2.77. The molecule has 1 rings (SSSR count). The molecule has 0 aromatic heterocycles. The van der Waals surface area contributed by atoms with Crippen molar-refractivity contribution in [3.63, 3.8) is 0 Å². The second-order valence-corrected chi connectivity index (χ2v) is 4.50. The van der Waals surface area contributed by atoms with Gasteiger partial charge in [-0.3, -0.25) is 4.79 Å². The van der Waals surface area contributed by atoms with Crippen molar-refractivity contribution >= 4 is 17.5 Å². The van der Waals surface area contributed by atoms with Crippen LogP contribution in [0.5, 0.6) is 5.75 Å². The van der Waals surface area contributed by atoms with Gasteiger partial charge in [-0.25, -0.2) is 0 Å². The molecule has 1 amide bonds. The Morgan fingerprint density at radius 3 is 2.74 bits per heavy atom. The molecule has 1 aromatic carbocycles. The highest BCUT2D eigenvalue weighted by Gasteiger charge is 2.13. The van der Waals surface area contributed by atoms with Crippen molar-refractivity contribution in [1.82, 2.24) is 5.32 Å². The molecule has 0 aliphatic heterocycles. The van der Waals surface area contributed by atoms with Gasteiger partial charge in [0.15, 0.2) is 0 Å². The van der Waals surface area contributed by atoms with Crippen molar-refractivity contribution in [1.29, 1.82) is 0 Å². The Morgan fingerprint density at radius 1 is 1.37 bits per heavy atom. The lowest BCUT2D eigenvalue weighted by Crippen LogP contribution is -2.37. The van der Waals surface area contributed by atoms with Gasteiger partial charge < -0.3 is 14.8 Å². The van der Waals surface area contributed by atoms with Gasteiger partial charge in [0.05, 0.1) is 13.5 Å². The van der Waals surface area contributed by atoms with Crippen LogP contribution in [0.15, 0.2) is 24.3 Å². The molecular weight excluding hydrogens is 266 g/mol. The van der Waals surface area contributed by atoms with Crippen LogP contribution in [-0.2, 0) is 16.0 Å². The quantitative estimate of drug-likeness (QED) is 0.743.